The predicted octanol–water partition coefficient (Wildman–Crippen LogP) is 4.76. The van der Waals surface area contributed by atoms with Crippen LogP contribution in [0.1, 0.15) is 45.1 Å². The molecule has 0 spiro atoms. The van der Waals surface area contributed by atoms with Crippen molar-refractivity contribution in [2.75, 3.05) is 37.6 Å². The van der Waals surface area contributed by atoms with Crippen molar-refractivity contribution in [3.63, 3.8) is 0 Å². The number of aryl methyl sites for hydroxylation is 1. The van der Waals surface area contributed by atoms with Crippen LogP contribution in [0.25, 0.3) is 11.3 Å². The van der Waals surface area contributed by atoms with Crippen molar-refractivity contribution in [2.24, 2.45) is 0 Å². The third-order valence-electron chi connectivity index (χ3n) is 6.49. The first-order valence-electron chi connectivity index (χ1n) is 12.7. The molecule has 38 heavy (non-hydrogen) atoms. The van der Waals surface area contributed by atoms with Gasteiger partial charge in [-0.3, -0.25) is 9.47 Å². The van der Waals surface area contributed by atoms with Crippen LogP contribution in [0, 0.1) is 5.82 Å². The van der Waals surface area contributed by atoms with Crippen LogP contribution in [0.3, 0.4) is 0 Å². The fourth-order valence-electron chi connectivity index (χ4n) is 4.30. The summed E-state index contributed by atoms with van der Waals surface area (Å²) in [4.78, 5) is 28.8. The minimum Gasteiger partial charge on any atom is -0.354 e. The van der Waals surface area contributed by atoms with Crippen LogP contribution in [0.15, 0.2) is 47.4 Å². The quantitative estimate of drug-likeness (QED) is 0.323. The highest BCUT2D eigenvalue weighted by atomic mass is 19.4. The van der Waals surface area contributed by atoms with Gasteiger partial charge in [-0.1, -0.05) is 32.9 Å². The van der Waals surface area contributed by atoms with E-state index in [9.17, 15) is 22.4 Å². The molecule has 204 valence electrons. The number of alkyl halides is 3. The molecule has 2 aromatic heterocycles. The Morgan fingerprint density at radius 1 is 0.895 bits per heavy atom. The number of unbranched alkanes of at least 4 members (excludes halogenated alkanes) is 1. The molecule has 1 aromatic carbocycles. The van der Waals surface area contributed by atoms with Crippen LogP contribution in [-0.4, -0.2) is 57.1 Å². The van der Waals surface area contributed by atoms with Crippen molar-refractivity contribution in [2.45, 2.75) is 51.7 Å². The molecule has 0 amide bonds. The van der Waals surface area contributed by atoms with Gasteiger partial charge in [0, 0.05) is 56.0 Å². The maximum Gasteiger partial charge on any atom is 0.433 e. The minimum absolute atomic E-state index is 0.179. The first kappa shape index (κ1) is 27.7. The molecule has 0 bridgehead atoms. The van der Waals surface area contributed by atoms with Crippen molar-refractivity contribution in [3.05, 3.63) is 70.4 Å². The number of benzene rings is 1. The molecule has 3 aromatic rings. The molecule has 11 heteroatoms. The van der Waals surface area contributed by atoms with Gasteiger partial charge in [-0.05, 0) is 37.6 Å². The van der Waals surface area contributed by atoms with Gasteiger partial charge >= 0.3 is 11.9 Å². The van der Waals surface area contributed by atoms with Gasteiger partial charge in [-0.15, -0.1) is 0 Å². The Morgan fingerprint density at radius 3 is 2.24 bits per heavy atom. The molecule has 0 unspecified atom stereocenters. The van der Waals surface area contributed by atoms with E-state index < -0.39 is 17.3 Å². The van der Waals surface area contributed by atoms with E-state index in [0.29, 0.717) is 49.8 Å². The van der Waals surface area contributed by atoms with Gasteiger partial charge in [0.1, 0.15) is 23.2 Å². The minimum atomic E-state index is -4.53. The van der Waals surface area contributed by atoms with Gasteiger partial charge < -0.3 is 4.90 Å². The highest BCUT2D eigenvalue weighted by molar-refractivity contribution is 5.58. The fraction of sp³-hybridized carbons (Fsp3) is 0.481. The molecular formula is C27H32F4N6O. The summed E-state index contributed by atoms with van der Waals surface area (Å²) in [5, 5.41) is 0. The number of halogens is 4. The lowest BCUT2D eigenvalue weighted by atomic mass is 9.95. The van der Waals surface area contributed by atoms with Crippen LogP contribution in [-0.2, 0) is 18.1 Å². The maximum atomic E-state index is 13.5. The van der Waals surface area contributed by atoms with E-state index >= 15 is 0 Å². The zero-order chi connectivity index (χ0) is 27.5. The average molecular weight is 533 g/mol. The topological polar surface area (TPSA) is 67.2 Å². The molecule has 1 saturated heterocycles. The molecule has 4 rings (SSSR count). The maximum absolute atomic E-state index is 13.5. The molecule has 1 fully saturated rings. The van der Waals surface area contributed by atoms with Gasteiger partial charge in [-0.25, -0.2) is 19.2 Å². The molecule has 0 atom stereocenters. The number of hydrogen-bond acceptors (Lipinski definition) is 6. The summed E-state index contributed by atoms with van der Waals surface area (Å²) in [5.74, 6) is 0.107. The van der Waals surface area contributed by atoms with Gasteiger partial charge in [-0.2, -0.15) is 18.2 Å². The van der Waals surface area contributed by atoms with Gasteiger partial charge in [0.25, 0.3) is 0 Å². The number of rotatable bonds is 7. The van der Waals surface area contributed by atoms with Crippen LogP contribution in [0.2, 0.25) is 0 Å². The van der Waals surface area contributed by atoms with E-state index in [2.05, 4.69) is 19.9 Å². The van der Waals surface area contributed by atoms with Crippen LogP contribution < -0.4 is 10.6 Å². The monoisotopic (exact) mass is 532 g/mol. The summed E-state index contributed by atoms with van der Waals surface area (Å²) in [6.07, 6.45) is -1.22. The van der Waals surface area contributed by atoms with E-state index in [0.717, 1.165) is 25.5 Å². The van der Waals surface area contributed by atoms with Gasteiger partial charge in [0.15, 0.2) is 0 Å². The number of anilines is 1. The predicted molar refractivity (Wildman–Crippen MR) is 138 cm³/mol. The van der Waals surface area contributed by atoms with Crippen LogP contribution >= 0.6 is 0 Å². The fourth-order valence-corrected chi connectivity index (χ4v) is 4.30. The number of nitrogens with zero attached hydrogens (tertiary/aromatic N) is 6. The molecule has 1 aliphatic heterocycles. The SMILES string of the molecule is CC(C)(C)c1nc(N2CCN(CCCCn3ccc(-c4cccc(F)c4)nc3=O)CC2)cc(C(F)(F)F)n1. The van der Waals surface area contributed by atoms with Crippen molar-refractivity contribution < 1.29 is 17.6 Å². The first-order valence-corrected chi connectivity index (χ1v) is 12.7. The lowest BCUT2D eigenvalue weighted by molar-refractivity contribution is -0.141. The Hall–Kier alpha value is -3.34. The van der Waals surface area contributed by atoms with Crippen molar-refractivity contribution in [1.82, 2.24) is 24.4 Å². The molecular weight excluding hydrogens is 500 g/mol. The molecule has 3 heterocycles. The Kier molecular flexibility index (Phi) is 8.15. The summed E-state index contributed by atoms with van der Waals surface area (Å²) in [6.45, 7) is 9.30. The van der Waals surface area contributed by atoms with E-state index in [4.69, 9.17) is 0 Å². The smallest absolute Gasteiger partial charge is 0.354 e. The Morgan fingerprint density at radius 2 is 1.61 bits per heavy atom. The summed E-state index contributed by atoms with van der Waals surface area (Å²) >= 11 is 0. The normalized spacial score (nSPS) is 15.2. The van der Waals surface area contributed by atoms with E-state index in [-0.39, 0.29) is 17.3 Å². The number of hydrogen-bond donors (Lipinski definition) is 0. The molecule has 7 nitrogen and oxygen atoms in total. The second kappa shape index (κ2) is 11.2. The summed E-state index contributed by atoms with van der Waals surface area (Å²) in [7, 11) is 0. The van der Waals surface area contributed by atoms with Gasteiger partial charge in [0.05, 0.1) is 5.69 Å². The van der Waals surface area contributed by atoms with E-state index in [1.54, 1.807) is 49.7 Å². The first-order chi connectivity index (χ1) is 17.9. The van der Waals surface area contributed by atoms with E-state index in [1.807, 2.05) is 4.90 Å². The summed E-state index contributed by atoms with van der Waals surface area (Å²) in [5.41, 5.74) is -0.903. The summed E-state index contributed by atoms with van der Waals surface area (Å²) in [6, 6.07) is 8.71. The zero-order valence-corrected chi connectivity index (χ0v) is 21.8. The number of aromatic nitrogens is 4. The lowest BCUT2D eigenvalue weighted by Gasteiger charge is -2.36. The highest BCUT2D eigenvalue weighted by Crippen LogP contribution is 2.32. The highest BCUT2D eigenvalue weighted by Gasteiger charge is 2.36. The Bertz CT molecular complexity index is 1280. The zero-order valence-electron chi connectivity index (χ0n) is 21.8. The van der Waals surface area contributed by atoms with E-state index in [1.165, 1.54) is 12.1 Å². The van der Waals surface area contributed by atoms with Crippen molar-refractivity contribution in [1.29, 1.82) is 0 Å². The third-order valence-corrected chi connectivity index (χ3v) is 6.49. The molecule has 0 saturated carbocycles. The summed E-state index contributed by atoms with van der Waals surface area (Å²) < 4.78 is 55.3. The number of piperazine rings is 1. The second-order valence-corrected chi connectivity index (χ2v) is 10.5. The molecule has 0 radical (unpaired) electrons. The second-order valence-electron chi connectivity index (χ2n) is 10.5. The third kappa shape index (κ3) is 6.94. The van der Waals surface area contributed by atoms with Crippen LogP contribution in [0.5, 0.6) is 0 Å². The van der Waals surface area contributed by atoms with Gasteiger partial charge in [0.2, 0.25) is 0 Å². The molecule has 0 N–H and O–H groups in total. The average Bonchev–Trinajstić information content (AvgIpc) is 2.86. The van der Waals surface area contributed by atoms with Crippen molar-refractivity contribution in [3.8, 4) is 11.3 Å². The van der Waals surface area contributed by atoms with Crippen molar-refractivity contribution >= 4 is 5.82 Å². The standard InChI is InChI=1S/C27H32F4N6O/c1-26(2,3)24-33-22(27(29,30)31)18-23(34-24)36-15-13-35(14-16-36)10-4-5-11-37-12-9-21(32-25(37)38)19-7-6-8-20(28)17-19/h6-9,12,17-18H,4-5,10-11,13-16H2,1-3H3. The molecule has 1 aliphatic rings. The van der Waals surface area contributed by atoms with Crippen LogP contribution in [0.4, 0.5) is 23.4 Å². The largest absolute Gasteiger partial charge is 0.433 e. The lowest BCUT2D eigenvalue weighted by Crippen LogP contribution is -2.47. The molecule has 0 aliphatic carbocycles. The Labute approximate surface area is 219 Å². The Balaban J connectivity index is 1.28.